The summed E-state index contributed by atoms with van der Waals surface area (Å²) in [6.45, 7) is 8.72. The molecule has 1 aliphatic rings. The van der Waals surface area contributed by atoms with E-state index in [4.69, 9.17) is 0 Å². The number of nitrogens with zero attached hydrogens (tertiary/aromatic N) is 6. The fourth-order valence-electron chi connectivity index (χ4n) is 4.35. The summed E-state index contributed by atoms with van der Waals surface area (Å²) in [5.41, 5.74) is 2.34. The SMILES string of the molecule is CCCC(c1nnnn1CS(=O)(=O)c1ccc(C)cc1)N1CCN(Cc2ccccc2)CC1. The highest BCUT2D eigenvalue weighted by Crippen LogP contribution is 2.26. The maximum atomic E-state index is 13.0. The first kappa shape index (κ1) is 23.5. The van der Waals surface area contributed by atoms with Crippen LogP contribution in [-0.2, 0) is 22.3 Å². The quantitative estimate of drug-likeness (QED) is 0.477. The lowest BCUT2D eigenvalue weighted by atomic mass is 10.1. The van der Waals surface area contributed by atoms with E-state index in [0.717, 1.165) is 51.1 Å². The standard InChI is InChI=1S/C24H32N6O2S/c1-3-7-23(29-16-14-28(15-17-29)18-21-8-5-4-6-9-21)24-25-26-27-30(24)19-33(31,32)22-12-10-20(2)11-13-22/h4-6,8-13,23H,3,7,14-19H2,1-2H3. The summed E-state index contributed by atoms with van der Waals surface area (Å²) in [6, 6.07) is 17.4. The maximum absolute atomic E-state index is 13.0. The molecule has 2 heterocycles. The second kappa shape index (κ2) is 10.5. The first-order chi connectivity index (χ1) is 16.0. The van der Waals surface area contributed by atoms with Crippen molar-refractivity contribution in [3.05, 3.63) is 71.5 Å². The normalized spacial score (nSPS) is 16.7. The van der Waals surface area contributed by atoms with Crippen molar-refractivity contribution in [2.24, 2.45) is 0 Å². The first-order valence-corrected chi connectivity index (χ1v) is 13.2. The van der Waals surface area contributed by atoms with Crippen LogP contribution in [0.2, 0.25) is 0 Å². The molecule has 1 aromatic heterocycles. The number of aromatic nitrogens is 4. The molecule has 1 aliphatic heterocycles. The Morgan fingerprint density at radius 1 is 0.970 bits per heavy atom. The van der Waals surface area contributed by atoms with Crippen molar-refractivity contribution in [3.63, 3.8) is 0 Å². The number of tetrazole rings is 1. The Balaban J connectivity index is 1.46. The minimum absolute atomic E-state index is 0.00269. The van der Waals surface area contributed by atoms with Crippen molar-refractivity contribution < 1.29 is 8.42 Å². The third-order valence-electron chi connectivity index (χ3n) is 6.19. The molecule has 33 heavy (non-hydrogen) atoms. The van der Waals surface area contributed by atoms with E-state index in [1.165, 1.54) is 10.2 Å². The van der Waals surface area contributed by atoms with E-state index in [2.05, 4.69) is 56.5 Å². The summed E-state index contributed by atoms with van der Waals surface area (Å²) in [5.74, 6) is 0.371. The van der Waals surface area contributed by atoms with Crippen LogP contribution in [0.1, 0.15) is 42.8 Å². The van der Waals surface area contributed by atoms with E-state index in [0.29, 0.717) is 5.82 Å². The van der Waals surface area contributed by atoms with Gasteiger partial charge in [-0.1, -0.05) is 61.4 Å². The molecule has 0 aliphatic carbocycles. The van der Waals surface area contributed by atoms with E-state index in [1.54, 1.807) is 12.1 Å². The Kier molecular flexibility index (Phi) is 7.52. The highest BCUT2D eigenvalue weighted by molar-refractivity contribution is 7.90. The molecule has 1 fully saturated rings. The van der Waals surface area contributed by atoms with Gasteiger partial charge in [-0.05, 0) is 41.5 Å². The van der Waals surface area contributed by atoms with Gasteiger partial charge in [-0.2, -0.15) is 0 Å². The van der Waals surface area contributed by atoms with E-state index < -0.39 is 9.84 Å². The minimum Gasteiger partial charge on any atom is -0.297 e. The number of sulfone groups is 1. The fraction of sp³-hybridized carbons (Fsp3) is 0.458. The second-order valence-corrected chi connectivity index (χ2v) is 10.7. The van der Waals surface area contributed by atoms with Crippen molar-refractivity contribution in [1.29, 1.82) is 0 Å². The zero-order valence-electron chi connectivity index (χ0n) is 19.3. The lowest BCUT2D eigenvalue weighted by Gasteiger charge is -2.38. The molecular weight excluding hydrogens is 436 g/mol. The van der Waals surface area contributed by atoms with Crippen LogP contribution < -0.4 is 0 Å². The molecule has 9 heteroatoms. The lowest BCUT2D eigenvalue weighted by Crippen LogP contribution is -2.47. The molecule has 3 aromatic rings. The number of piperazine rings is 1. The average molecular weight is 469 g/mol. The minimum atomic E-state index is -3.55. The summed E-state index contributed by atoms with van der Waals surface area (Å²) in [6.07, 6.45) is 1.84. The molecule has 0 amide bonds. The maximum Gasteiger partial charge on any atom is 0.198 e. The van der Waals surface area contributed by atoms with Crippen LogP contribution in [0.15, 0.2) is 59.5 Å². The largest absolute Gasteiger partial charge is 0.297 e. The van der Waals surface area contributed by atoms with Gasteiger partial charge in [0.2, 0.25) is 0 Å². The van der Waals surface area contributed by atoms with Crippen molar-refractivity contribution in [2.45, 2.75) is 50.0 Å². The molecular formula is C24H32N6O2S. The number of benzene rings is 2. The first-order valence-electron chi connectivity index (χ1n) is 11.5. The summed E-state index contributed by atoms with van der Waals surface area (Å²) in [4.78, 5) is 5.14. The molecule has 1 unspecified atom stereocenters. The highest BCUT2D eigenvalue weighted by atomic mass is 32.2. The van der Waals surface area contributed by atoms with Gasteiger partial charge in [-0.25, -0.2) is 13.1 Å². The molecule has 0 radical (unpaired) electrons. The zero-order valence-corrected chi connectivity index (χ0v) is 20.2. The van der Waals surface area contributed by atoms with Crippen LogP contribution in [0.5, 0.6) is 0 Å². The highest BCUT2D eigenvalue weighted by Gasteiger charge is 2.30. The monoisotopic (exact) mass is 468 g/mol. The Bertz CT molecular complexity index is 1120. The van der Waals surface area contributed by atoms with Crippen LogP contribution >= 0.6 is 0 Å². The summed E-state index contributed by atoms with van der Waals surface area (Å²) < 4.78 is 27.5. The molecule has 0 bridgehead atoms. The molecule has 1 saturated heterocycles. The molecule has 1 atom stereocenters. The van der Waals surface area contributed by atoms with Gasteiger partial charge in [0.15, 0.2) is 21.5 Å². The average Bonchev–Trinajstić information content (AvgIpc) is 3.26. The second-order valence-electron chi connectivity index (χ2n) is 8.70. The Morgan fingerprint density at radius 3 is 2.33 bits per heavy atom. The van der Waals surface area contributed by atoms with Crippen LogP contribution in [0.3, 0.4) is 0 Å². The Labute approximate surface area is 196 Å². The van der Waals surface area contributed by atoms with E-state index in [1.807, 2.05) is 25.1 Å². The topological polar surface area (TPSA) is 84.2 Å². The molecule has 0 spiro atoms. The summed E-state index contributed by atoms with van der Waals surface area (Å²) in [5, 5.41) is 12.2. The van der Waals surface area contributed by atoms with Crippen molar-refractivity contribution in [2.75, 3.05) is 26.2 Å². The number of hydrogen-bond donors (Lipinski definition) is 0. The van der Waals surface area contributed by atoms with Gasteiger partial charge in [0.05, 0.1) is 10.9 Å². The molecule has 176 valence electrons. The third-order valence-corrected chi connectivity index (χ3v) is 7.76. The van der Waals surface area contributed by atoms with Crippen LogP contribution in [-0.4, -0.2) is 64.6 Å². The van der Waals surface area contributed by atoms with Gasteiger partial charge in [-0.15, -0.1) is 5.10 Å². The zero-order chi connectivity index (χ0) is 23.3. The predicted octanol–water partition coefficient (Wildman–Crippen LogP) is 3.07. The van der Waals surface area contributed by atoms with Crippen LogP contribution in [0, 0.1) is 6.92 Å². The van der Waals surface area contributed by atoms with Crippen LogP contribution in [0.4, 0.5) is 0 Å². The van der Waals surface area contributed by atoms with Gasteiger partial charge >= 0.3 is 0 Å². The summed E-state index contributed by atoms with van der Waals surface area (Å²) >= 11 is 0. The van der Waals surface area contributed by atoms with Gasteiger partial charge in [0.25, 0.3) is 0 Å². The van der Waals surface area contributed by atoms with Gasteiger partial charge < -0.3 is 0 Å². The molecule has 8 nitrogen and oxygen atoms in total. The van der Waals surface area contributed by atoms with Gasteiger partial charge in [-0.3, -0.25) is 9.80 Å². The third kappa shape index (κ3) is 5.85. The lowest BCUT2D eigenvalue weighted by molar-refractivity contribution is 0.0822. The van der Waals surface area contributed by atoms with Gasteiger partial charge in [0, 0.05) is 32.7 Å². The van der Waals surface area contributed by atoms with E-state index in [9.17, 15) is 8.42 Å². The Morgan fingerprint density at radius 2 is 1.67 bits per heavy atom. The van der Waals surface area contributed by atoms with Crippen molar-refractivity contribution >= 4 is 9.84 Å². The molecule has 2 aromatic carbocycles. The fourth-order valence-corrected chi connectivity index (χ4v) is 5.55. The molecule has 4 rings (SSSR count). The van der Waals surface area contributed by atoms with E-state index in [-0.39, 0.29) is 16.8 Å². The molecule has 0 saturated carbocycles. The van der Waals surface area contributed by atoms with Crippen LogP contribution in [0.25, 0.3) is 0 Å². The van der Waals surface area contributed by atoms with E-state index >= 15 is 0 Å². The number of hydrogen-bond acceptors (Lipinski definition) is 7. The smallest absolute Gasteiger partial charge is 0.198 e. The summed E-state index contributed by atoms with van der Waals surface area (Å²) in [7, 11) is -3.55. The predicted molar refractivity (Wildman–Crippen MR) is 127 cm³/mol. The van der Waals surface area contributed by atoms with Gasteiger partial charge in [0.1, 0.15) is 0 Å². The molecule has 0 N–H and O–H groups in total. The van der Waals surface area contributed by atoms with Crippen molar-refractivity contribution in [1.82, 2.24) is 30.0 Å². The number of rotatable bonds is 9. The number of aryl methyl sites for hydroxylation is 1. The Hall–Kier alpha value is -2.62. The van der Waals surface area contributed by atoms with Crippen molar-refractivity contribution in [3.8, 4) is 0 Å².